The molecule has 0 amide bonds. The Bertz CT molecular complexity index is 481. The quantitative estimate of drug-likeness (QED) is 0.777. The standard InChI is InChI=1S/C15H21N3O/c1-3-13(12-8-5-4-6-9-12)15-18-17-14(19-15)10-7-11-16-2/h4-6,8-9,13,16H,3,7,10-11H2,1-2H3. The fourth-order valence-electron chi connectivity index (χ4n) is 2.16. The maximum Gasteiger partial charge on any atom is 0.223 e. The fraction of sp³-hybridized carbons (Fsp3) is 0.467. The van der Waals surface area contributed by atoms with E-state index in [-0.39, 0.29) is 5.92 Å². The van der Waals surface area contributed by atoms with Gasteiger partial charge in [0.1, 0.15) is 0 Å². The molecule has 1 aromatic carbocycles. The van der Waals surface area contributed by atoms with Gasteiger partial charge in [-0.15, -0.1) is 10.2 Å². The zero-order valence-electron chi connectivity index (χ0n) is 11.6. The number of hydrogen-bond acceptors (Lipinski definition) is 4. The van der Waals surface area contributed by atoms with Crippen molar-refractivity contribution in [2.24, 2.45) is 0 Å². The maximum atomic E-state index is 5.79. The summed E-state index contributed by atoms with van der Waals surface area (Å²) in [5.41, 5.74) is 1.23. The minimum atomic E-state index is 0.201. The number of nitrogens with zero attached hydrogens (tertiary/aromatic N) is 2. The van der Waals surface area contributed by atoms with E-state index in [0.29, 0.717) is 0 Å². The van der Waals surface area contributed by atoms with Crippen molar-refractivity contribution in [3.8, 4) is 0 Å². The average molecular weight is 259 g/mol. The van der Waals surface area contributed by atoms with Crippen LogP contribution in [-0.2, 0) is 6.42 Å². The van der Waals surface area contributed by atoms with Gasteiger partial charge in [-0.2, -0.15) is 0 Å². The molecule has 1 unspecified atom stereocenters. The van der Waals surface area contributed by atoms with Gasteiger partial charge in [-0.3, -0.25) is 0 Å². The topological polar surface area (TPSA) is 51.0 Å². The summed E-state index contributed by atoms with van der Waals surface area (Å²) in [6.45, 7) is 3.11. The summed E-state index contributed by atoms with van der Waals surface area (Å²) < 4.78 is 5.79. The average Bonchev–Trinajstić information content (AvgIpc) is 2.90. The van der Waals surface area contributed by atoms with Crippen LogP contribution >= 0.6 is 0 Å². The van der Waals surface area contributed by atoms with Crippen LogP contribution in [0.25, 0.3) is 0 Å². The molecule has 0 spiro atoms. The minimum absolute atomic E-state index is 0.201. The third kappa shape index (κ3) is 3.64. The molecule has 2 rings (SSSR count). The molecule has 0 saturated carbocycles. The second kappa shape index (κ2) is 7.04. The van der Waals surface area contributed by atoms with Crippen molar-refractivity contribution in [3.05, 3.63) is 47.7 Å². The summed E-state index contributed by atoms with van der Waals surface area (Å²) in [6.07, 6.45) is 2.81. The Morgan fingerprint density at radius 1 is 1.21 bits per heavy atom. The smallest absolute Gasteiger partial charge is 0.223 e. The molecule has 0 saturated heterocycles. The first-order valence-corrected chi connectivity index (χ1v) is 6.87. The van der Waals surface area contributed by atoms with E-state index in [2.05, 4.69) is 34.6 Å². The Hall–Kier alpha value is -1.68. The molecular weight excluding hydrogens is 238 g/mol. The predicted octanol–water partition coefficient (Wildman–Crippen LogP) is 2.76. The molecule has 0 bridgehead atoms. The van der Waals surface area contributed by atoms with Crippen LogP contribution in [0.2, 0.25) is 0 Å². The highest BCUT2D eigenvalue weighted by molar-refractivity contribution is 5.24. The summed E-state index contributed by atoms with van der Waals surface area (Å²) in [7, 11) is 1.95. The molecule has 1 atom stereocenters. The van der Waals surface area contributed by atoms with Gasteiger partial charge in [-0.1, -0.05) is 37.3 Å². The largest absolute Gasteiger partial charge is 0.425 e. The Labute approximate surface area is 114 Å². The number of rotatable bonds is 7. The molecule has 0 aliphatic rings. The molecule has 0 fully saturated rings. The zero-order valence-corrected chi connectivity index (χ0v) is 11.6. The Morgan fingerprint density at radius 3 is 2.68 bits per heavy atom. The van der Waals surface area contributed by atoms with Gasteiger partial charge in [0, 0.05) is 6.42 Å². The van der Waals surface area contributed by atoms with E-state index in [0.717, 1.165) is 37.6 Å². The number of nitrogens with one attached hydrogen (secondary N) is 1. The molecule has 0 radical (unpaired) electrons. The van der Waals surface area contributed by atoms with Crippen LogP contribution < -0.4 is 5.32 Å². The predicted molar refractivity (Wildman–Crippen MR) is 75.1 cm³/mol. The first kappa shape index (κ1) is 13.7. The zero-order chi connectivity index (χ0) is 13.5. The number of aryl methyl sites for hydroxylation is 1. The first-order valence-electron chi connectivity index (χ1n) is 6.87. The summed E-state index contributed by atoms with van der Waals surface area (Å²) in [5.74, 6) is 1.67. The van der Waals surface area contributed by atoms with Gasteiger partial charge in [-0.25, -0.2) is 0 Å². The van der Waals surface area contributed by atoms with E-state index in [4.69, 9.17) is 4.42 Å². The molecule has 1 N–H and O–H groups in total. The number of aromatic nitrogens is 2. The SMILES string of the molecule is CCC(c1ccccc1)c1nnc(CCCNC)o1. The van der Waals surface area contributed by atoms with Crippen molar-refractivity contribution in [2.75, 3.05) is 13.6 Å². The first-order chi connectivity index (χ1) is 9.35. The van der Waals surface area contributed by atoms with E-state index < -0.39 is 0 Å². The molecule has 1 aromatic heterocycles. The van der Waals surface area contributed by atoms with Crippen LogP contribution in [0, 0.1) is 0 Å². The van der Waals surface area contributed by atoms with Crippen LogP contribution in [-0.4, -0.2) is 23.8 Å². The highest BCUT2D eigenvalue weighted by Crippen LogP contribution is 2.26. The lowest BCUT2D eigenvalue weighted by atomic mass is 9.97. The Morgan fingerprint density at radius 2 is 2.00 bits per heavy atom. The lowest BCUT2D eigenvalue weighted by Gasteiger charge is -2.10. The highest BCUT2D eigenvalue weighted by Gasteiger charge is 2.18. The molecule has 4 nitrogen and oxygen atoms in total. The van der Waals surface area contributed by atoms with Crippen LogP contribution in [0.1, 0.15) is 43.0 Å². The lowest BCUT2D eigenvalue weighted by molar-refractivity contribution is 0.423. The second-order valence-electron chi connectivity index (χ2n) is 4.61. The van der Waals surface area contributed by atoms with E-state index in [1.54, 1.807) is 0 Å². The van der Waals surface area contributed by atoms with Gasteiger partial charge in [0.2, 0.25) is 11.8 Å². The minimum Gasteiger partial charge on any atom is -0.425 e. The molecule has 0 aliphatic carbocycles. The summed E-state index contributed by atoms with van der Waals surface area (Å²) >= 11 is 0. The van der Waals surface area contributed by atoms with Crippen LogP contribution in [0.4, 0.5) is 0 Å². The number of benzene rings is 1. The summed E-state index contributed by atoms with van der Waals surface area (Å²) in [4.78, 5) is 0. The van der Waals surface area contributed by atoms with Gasteiger partial charge >= 0.3 is 0 Å². The van der Waals surface area contributed by atoms with Gasteiger partial charge in [-0.05, 0) is 32.0 Å². The van der Waals surface area contributed by atoms with Crippen molar-refractivity contribution < 1.29 is 4.42 Å². The fourth-order valence-corrected chi connectivity index (χ4v) is 2.16. The van der Waals surface area contributed by atoms with E-state index in [9.17, 15) is 0 Å². The second-order valence-corrected chi connectivity index (χ2v) is 4.61. The molecular formula is C15H21N3O. The van der Waals surface area contributed by atoms with Crippen molar-refractivity contribution in [1.82, 2.24) is 15.5 Å². The van der Waals surface area contributed by atoms with Gasteiger partial charge < -0.3 is 9.73 Å². The third-order valence-electron chi connectivity index (χ3n) is 3.21. The molecule has 19 heavy (non-hydrogen) atoms. The van der Waals surface area contributed by atoms with Crippen molar-refractivity contribution in [2.45, 2.75) is 32.1 Å². The van der Waals surface area contributed by atoms with Crippen LogP contribution in [0.15, 0.2) is 34.7 Å². The monoisotopic (exact) mass is 259 g/mol. The third-order valence-corrected chi connectivity index (χ3v) is 3.21. The molecule has 102 valence electrons. The van der Waals surface area contributed by atoms with Crippen LogP contribution in [0.3, 0.4) is 0 Å². The van der Waals surface area contributed by atoms with Crippen LogP contribution in [0.5, 0.6) is 0 Å². The van der Waals surface area contributed by atoms with E-state index in [1.807, 2.05) is 25.2 Å². The van der Waals surface area contributed by atoms with Gasteiger partial charge in [0.15, 0.2) is 0 Å². The highest BCUT2D eigenvalue weighted by atomic mass is 16.4. The normalized spacial score (nSPS) is 12.5. The summed E-state index contributed by atoms with van der Waals surface area (Å²) in [5, 5.41) is 11.5. The molecule has 4 heteroatoms. The van der Waals surface area contributed by atoms with Gasteiger partial charge in [0.05, 0.1) is 5.92 Å². The van der Waals surface area contributed by atoms with Crippen molar-refractivity contribution >= 4 is 0 Å². The van der Waals surface area contributed by atoms with Crippen molar-refractivity contribution in [3.63, 3.8) is 0 Å². The Balaban J connectivity index is 2.07. The molecule has 1 heterocycles. The summed E-state index contributed by atoms with van der Waals surface area (Å²) in [6, 6.07) is 10.3. The number of hydrogen-bond donors (Lipinski definition) is 1. The van der Waals surface area contributed by atoms with Crippen molar-refractivity contribution in [1.29, 1.82) is 0 Å². The van der Waals surface area contributed by atoms with Gasteiger partial charge in [0.25, 0.3) is 0 Å². The Kier molecular flexibility index (Phi) is 5.10. The lowest BCUT2D eigenvalue weighted by Crippen LogP contribution is -2.08. The maximum absolute atomic E-state index is 5.79. The van der Waals surface area contributed by atoms with E-state index in [1.165, 1.54) is 5.56 Å². The molecule has 0 aliphatic heterocycles. The molecule has 2 aromatic rings. The van der Waals surface area contributed by atoms with E-state index >= 15 is 0 Å².